The molecule has 2 aromatic rings. The summed E-state index contributed by atoms with van der Waals surface area (Å²) in [5, 5.41) is 0. The van der Waals surface area contributed by atoms with Crippen molar-refractivity contribution >= 4 is 17.6 Å². The van der Waals surface area contributed by atoms with Gasteiger partial charge in [0.05, 0.1) is 18.7 Å². The summed E-state index contributed by atoms with van der Waals surface area (Å²) in [6.07, 6.45) is 0.200. The van der Waals surface area contributed by atoms with Gasteiger partial charge < -0.3 is 18.9 Å². The van der Waals surface area contributed by atoms with E-state index >= 15 is 0 Å². The zero-order chi connectivity index (χ0) is 17.2. The van der Waals surface area contributed by atoms with E-state index in [1.807, 2.05) is 6.07 Å². The van der Waals surface area contributed by atoms with Crippen molar-refractivity contribution in [3.63, 3.8) is 0 Å². The van der Waals surface area contributed by atoms with Crippen molar-refractivity contribution in [3.05, 3.63) is 42.5 Å². The number of nitrogens with zero attached hydrogens (tertiary/aromatic N) is 1. The third-order valence-electron chi connectivity index (χ3n) is 3.89. The second kappa shape index (κ2) is 6.35. The topological polar surface area (TPSA) is 74.3 Å². The number of hydrogen-bond acceptors (Lipinski definition) is 6. The van der Waals surface area contributed by atoms with Gasteiger partial charge in [0.15, 0.2) is 11.5 Å². The quantitative estimate of drug-likeness (QED) is 0.629. The third kappa shape index (κ3) is 3.08. The van der Waals surface area contributed by atoms with Gasteiger partial charge in [0.1, 0.15) is 18.0 Å². The van der Waals surface area contributed by atoms with Crippen molar-refractivity contribution in [2.24, 2.45) is 0 Å². The zero-order valence-corrected chi connectivity index (χ0v) is 13.3. The number of amides is 1. The van der Waals surface area contributed by atoms with Crippen LogP contribution >= 0.6 is 0 Å². The Morgan fingerprint density at radius 1 is 1.04 bits per heavy atom. The molecule has 0 unspecified atom stereocenters. The van der Waals surface area contributed by atoms with Crippen LogP contribution in [0.25, 0.3) is 0 Å². The van der Waals surface area contributed by atoms with Gasteiger partial charge in [-0.15, -0.1) is 0 Å². The van der Waals surface area contributed by atoms with Gasteiger partial charge in [-0.05, 0) is 24.3 Å². The molecule has 2 heterocycles. The van der Waals surface area contributed by atoms with Gasteiger partial charge in [0.25, 0.3) is 0 Å². The monoisotopic (exact) mass is 341 g/mol. The molecule has 4 rings (SSSR count). The molecule has 0 N–H and O–H groups in total. The van der Waals surface area contributed by atoms with Crippen LogP contribution in [-0.4, -0.2) is 31.8 Å². The van der Waals surface area contributed by atoms with Crippen LogP contribution in [0.2, 0.25) is 0 Å². The van der Waals surface area contributed by atoms with E-state index in [1.165, 1.54) is 4.90 Å². The molecule has 0 spiro atoms. The Morgan fingerprint density at radius 2 is 1.88 bits per heavy atom. The number of fused-ring (bicyclic) bond motifs is 2. The summed E-state index contributed by atoms with van der Waals surface area (Å²) in [6.45, 7) is 0.225. The normalized spacial score (nSPS) is 15.2. The lowest BCUT2D eigenvalue weighted by Crippen LogP contribution is -2.37. The summed E-state index contributed by atoms with van der Waals surface area (Å²) in [5.74, 6) is 1.30. The molecule has 0 saturated carbocycles. The number of hydrogen-bond donors (Lipinski definition) is 0. The van der Waals surface area contributed by atoms with Crippen LogP contribution in [0.3, 0.4) is 0 Å². The second-order valence-corrected chi connectivity index (χ2v) is 5.54. The Bertz CT molecular complexity index is 834. The molecule has 25 heavy (non-hydrogen) atoms. The summed E-state index contributed by atoms with van der Waals surface area (Å²) in [4.78, 5) is 26.0. The zero-order valence-electron chi connectivity index (χ0n) is 13.3. The summed E-state index contributed by atoms with van der Waals surface area (Å²) >= 11 is 0. The lowest BCUT2D eigenvalue weighted by atomic mass is 10.2. The van der Waals surface area contributed by atoms with E-state index in [0.717, 1.165) is 0 Å². The smallest absolute Gasteiger partial charge is 0.331 e. The minimum Gasteiger partial charge on any atom is -0.491 e. The molecule has 0 radical (unpaired) electrons. The molecule has 2 aliphatic heterocycles. The van der Waals surface area contributed by atoms with Crippen LogP contribution in [0.1, 0.15) is 6.42 Å². The number of carbonyl (C=O) groups is 2. The van der Waals surface area contributed by atoms with Gasteiger partial charge in [-0.1, -0.05) is 12.1 Å². The van der Waals surface area contributed by atoms with Crippen LogP contribution in [-0.2, 0) is 9.59 Å². The Hall–Kier alpha value is -3.22. The van der Waals surface area contributed by atoms with Crippen molar-refractivity contribution in [2.75, 3.05) is 24.8 Å². The molecule has 2 aliphatic rings. The SMILES string of the molecule is O=C(CN1C(=O)CCOc2ccccc21)Oc1ccc2c(c1)OCO2. The molecule has 0 fully saturated rings. The number of ether oxygens (including phenoxy) is 4. The van der Waals surface area contributed by atoms with Crippen LogP contribution < -0.4 is 23.8 Å². The first kappa shape index (κ1) is 15.3. The van der Waals surface area contributed by atoms with Gasteiger partial charge in [-0.2, -0.15) is 0 Å². The molecule has 0 saturated heterocycles. The predicted molar refractivity (Wildman–Crippen MR) is 87.1 cm³/mol. The summed E-state index contributed by atoms with van der Waals surface area (Å²) in [6, 6.07) is 12.0. The van der Waals surface area contributed by atoms with Gasteiger partial charge in [-0.3, -0.25) is 9.69 Å². The molecule has 7 heteroatoms. The molecule has 0 atom stereocenters. The molecule has 7 nitrogen and oxygen atoms in total. The van der Waals surface area contributed by atoms with E-state index in [9.17, 15) is 9.59 Å². The number of anilines is 1. The maximum Gasteiger partial charge on any atom is 0.331 e. The summed E-state index contributed by atoms with van der Waals surface area (Å²) < 4.78 is 21.4. The first-order valence-electron chi connectivity index (χ1n) is 7.83. The van der Waals surface area contributed by atoms with E-state index in [0.29, 0.717) is 28.7 Å². The lowest BCUT2D eigenvalue weighted by Gasteiger charge is -2.20. The highest BCUT2D eigenvalue weighted by Crippen LogP contribution is 2.35. The Labute approximate surface area is 143 Å². The number of rotatable bonds is 3. The van der Waals surface area contributed by atoms with Gasteiger partial charge in [-0.25, -0.2) is 4.79 Å². The van der Waals surface area contributed by atoms with Crippen LogP contribution in [0, 0.1) is 0 Å². The molecule has 0 bridgehead atoms. The standard InChI is InChI=1S/C18H15NO6/c20-17-7-8-22-14-4-2-1-3-13(14)19(17)10-18(21)25-12-5-6-15-16(9-12)24-11-23-15/h1-6,9H,7-8,10-11H2. The molecule has 0 aromatic heterocycles. The second-order valence-electron chi connectivity index (χ2n) is 5.54. The van der Waals surface area contributed by atoms with Crippen LogP contribution in [0.5, 0.6) is 23.0 Å². The van der Waals surface area contributed by atoms with E-state index in [1.54, 1.807) is 36.4 Å². The van der Waals surface area contributed by atoms with Crippen molar-refractivity contribution in [2.45, 2.75) is 6.42 Å². The Kier molecular flexibility index (Phi) is 3.89. The first-order valence-corrected chi connectivity index (χ1v) is 7.83. The molecule has 0 aliphatic carbocycles. The minimum absolute atomic E-state index is 0.145. The Balaban J connectivity index is 1.51. The fourth-order valence-corrected chi connectivity index (χ4v) is 2.73. The summed E-state index contributed by atoms with van der Waals surface area (Å²) in [5.41, 5.74) is 0.563. The number of para-hydroxylation sites is 2. The van der Waals surface area contributed by atoms with E-state index in [2.05, 4.69) is 0 Å². The van der Waals surface area contributed by atoms with Gasteiger partial charge >= 0.3 is 5.97 Å². The minimum atomic E-state index is -0.552. The van der Waals surface area contributed by atoms with Crippen LogP contribution in [0.4, 0.5) is 5.69 Å². The molecule has 2 aromatic carbocycles. The maximum absolute atomic E-state index is 12.3. The molecular formula is C18H15NO6. The van der Waals surface area contributed by atoms with E-state index in [-0.39, 0.29) is 32.3 Å². The summed E-state index contributed by atoms with van der Waals surface area (Å²) in [7, 11) is 0. The Morgan fingerprint density at radius 3 is 2.80 bits per heavy atom. The number of carbonyl (C=O) groups excluding carboxylic acids is 2. The van der Waals surface area contributed by atoms with Gasteiger partial charge in [0.2, 0.25) is 12.7 Å². The molecule has 128 valence electrons. The average Bonchev–Trinajstić information content (AvgIpc) is 3.02. The molecular weight excluding hydrogens is 326 g/mol. The largest absolute Gasteiger partial charge is 0.491 e. The number of benzene rings is 2. The van der Waals surface area contributed by atoms with Crippen molar-refractivity contribution in [3.8, 4) is 23.0 Å². The van der Waals surface area contributed by atoms with Crippen LogP contribution in [0.15, 0.2) is 42.5 Å². The number of esters is 1. The van der Waals surface area contributed by atoms with E-state index < -0.39 is 5.97 Å². The molecule has 1 amide bonds. The van der Waals surface area contributed by atoms with Crippen molar-refractivity contribution in [1.82, 2.24) is 0 Å². The average molecular weight is 341 g/mol. The third-order valence-corrected chi connectivity index (χ3v) is 3.89. The van der Waals surface area contributed by atoms with E-state index in [4.69, 9.17) is 18.9 Å². The lowest BCUT2D eigenvalue weighted by molar-refractivity contribution is -0.134. The first-order chi connectivity index (χ1) is 12.2. The van der Waals surface area contributed by atoms with Crippen molar-refractivity contribution in [1.29, 1.82) is 0 Å². The fourth-order valence-electron chi connectivity index (χ4n) is 2.73. The van der Waals surface area contributed by atoms with Crippen molar-refractivity contribution < 1.29 is 28.5 Å². The fraction of sp³-hybridized carbons (Fsp3) is 0.222. The maximum atomic E-state index is 12.3. The highest BCUT2D eigenvalue weighted by molar-refractivity contribution is 5.99. The highest BCUT2D eigenvalue weighted by atomic mass is 16.7. The highest BCUT2D eigenvalue weighted by Gasteiger charge is 2.26. The van der Waals surface area contributed by atoms with Gasteiger partial charge in [0, 0.05) is 6.07 Å². The predicted octanol–water partition coefficient (Wildman–Crippen LogP) is 2.14.